The van der Waals surface area contributed by atoms with Crippen molar-refractivity contribution >= 4 is 23.4 Å². The summed E-state index contributed by atoms with van der Waals surface area (Å²) in [7, 11) is 0. The number of amides is 1. The van der Waals surface area contributed by atoms with Gasteiger partial charge in [0, 0.05) is 31.2 Å². The minimum Gasteiger partial charge on any atom is -0.394 e. The molecule has 12 nitrogen and oxygen atoms in total. The molecule has 5 rings (SSSR count). The molecule has 208 valence electrons. The summed E-state index contributed by atoms with van der Waals surface area (Å²) < 4.78 is 12.8. The molecule has 0 bridgehead atoms. The maximum atomic E-state index is 13.7. The molecule has 12 heteroatoms. The van der Waals surface area contributed by atoms with Crippen LogP contribution in [0.25, 0.3) is 11.5 Å². The van der Waals surface area contributed by atoms with Gasteiger partial charge in [0.25, 0.3) is 5.91 Å². The maximum absolute atomic E-state index is 13.7. The quantitative estimate of drug-likeness (QED) is 0.314. The predicted octanol–water partition coefficient (Wildman–Crippen LogP) is 2.34. The molecule has 0 saturated carbocycles. The monoisotopic (exact) mass is 536 g/mol. The van der Waals surface area contributed by atoms with Crippen LogP contribution in [-0.2, 0) is 22.6 Å². The van der Waals surface area contributed by atoms with E-state index < -0.39 is 0 Å². The van der Waals surface area contributed by atoms with Crippen molar-refractivity contribution in [2.75, 3.05) is 61.2 Å². The van der Waals surface area contributed by atoms with Crippen LogP contribution >= 0.6 is 0 Å². The number of ether oxygens (including phenoxy) is 2. The van der Waals surface area contributed by atoms with Gasteiger partial charge in [-0.2, -0.15) is 0 Å². The van der Waals surface area contributed by atoms with Crippen molar-refractivity contribution in [2.24, 2.45) is 0 Å². The Morgan fingerprint density at radius 3 is 2.74 bits per heavy atom. The Kier molecular flexibility index (Phi) is 8.64. The minimum absolute atomic E-state index is 0.000213. The molecule has 2 aliphatic rings. The van der Waals surface area contributed by atoms with E-state index >= 15 is 0 Å². The fourth-order valence-electron chi connectivity index (χ4n) is 5.05. The number of anilines is 3. The number of hydrogen-bond donors (Lipinski definition) is 2. The number of aryl methyl sites for hydroxylation is 1. The smallest absolute Gasteiger partial charge is 0.260 e. The van der Waals surface area contributed by atoms with Gasteiger partial charge in [0.2, 0.25) is 0 Å². The molecule has 3 aromatic heterocycles. The number of nitrogens with one attached hydrogen (secondary N) is 1. The van der Waals surface area contributed by atoms with Gasteiger partial charge in [0.15, 0.2) is 5.82 Å². The predicted molar refractivity (Wildman–Crippen MR) is 147 cm³/mol. The summed E-state index contributed by atoms with van der Waals surface area (Å²) in [5.41, 5.74) is 2.16. The molecular formula is C27H36N8O4. The van der Waals surface area contributed by atoms with Crippen molar-refractivity contribution in [2.45, 2.75) is 45.8 Å². The summed E-state index contributed by atoms with van der Waals surface area (Å²) in [4.78, 5) is 27.5. The number of hydrogen-bond acceptors (Lipinski definition) is 10. The Bertz CT molecular complexity index is 1280. The minimum atomic E-state index is -0.0950. The van der Waals surface area contributed by atoms with E-state index in [1.807, 2.05) is 35.8 Å². The van der Waals surface area contributed by atoms with Gasteiger partial charge in [0.05, 0.1) is 45.1 Å². The number of pyridine rings is 2. The van der Waals surface area contributed by atoms with E-state index in [-0.39, 0.29) is 12.5 Å². The van der Waals surface area contributed by atoms with E-state index in [1.165, 1.54) is 0 Å². The average molecular weight is 537 g/mol. The first-order valence-corrected chi connectivity index (χ1v) is 13.6. The van der Waals surface area contributed by atoms with Crippen LogP contribution in [0.2, 0.25) is 0 Å². The molecule has 0 aliphatic carbocycles. The third-order valence-electron chi connectivity index (χ3n) is 7.09. The molecule has 1 fully saturated rings. The van der Waals surface area contributed by atoms with E-state index in [1.54, 1.807) is 11.2 Å². The number of aromatic nitrogens is 5. The Morgan fingerprint density at radius 1 is 1.13 bits per heavy atom. The lowest BCUT2D eigenvalue weighted by molar-refractivity contribution is 0.0361. The van der Waals surface area contributed by atoms with Crippen LogP contribution in [0.1, 0.15) is 42.6 Å². The standard InChI is InChI=1S/C27H36N8O4/c1-3-33-18-29-32-26(33)22-7-4-8-23(30-22)35-17-21-20(27(35)37)16-24(34-10-5-6-19(34)2)31-25(21)28-9-12-38-14-15-39-13-11-36/h4,7-8,16,18-19,36H,3,5-6,9-15,17H2,1-2H3,(H,28,31)/t19-/m1/s1. The fraction of sp³-hybridized carbons (Fsp3) is 0.519. The lowest BCUT2D eigenvalue weighted by atomic mass is 10.1. The first kappa shape index (κ1) is 27.0. The highest BCUT2D eigenvalue weighted by atomic mass is 16.5. The van der Waals surface area contributed by atoms with Crippen molar-refractivity contribution in [3.8, 4) is 11.5 Å². The van der Waals surface area contributed by atoms with Crippen molar-refractivity contribution in [1.29, 1.82) is 0 Å². The molecule has 0 aromatic carbocycles. The zero-order valence-corrected chi connectivity index (χ0v) is 22.5. The van der Waals surface area contributed by atoms with E-state index in [4.69, 9.17) is 24.5 Å². The summed E-state index contributed by atoms with van der Waals surface area (Å²) in [6, 6.07) is 7.91. The highest BCUT2D eigenvalue weighted by Crippen LogP contribution is 2.36. The van der Waals surface area contributed by atoms with Crippen molar-refractivity contribution in [3.05, 3.63) is 41.7 Å². The van der Waals surface area contributed by atoms with E-state index in [0.717, 1.165) is 37.3 Å². The average Bonchev–Trinajstić information content (AvgIpc) is 3.69. The second-order valence-electron chi connectivity index (χ2n) is 9.63. The van der Waals surface area contributed by atoms with Gasteiger partial charge in [-0.05, 0) is 44.9 Å². The van der Waals surface area contributed by atoms with Gasteiger partial charge >= 0.3 is 0 Å². The molecular weight excluding hydrogens is 500 g/mol. The lowest BCUT2D eigenvalue weighted by Gasteiger charge is -2.24. The summed E-state index contributed by atoms with van der Waals surface area (Å²) in [6.45, 7) is 8.40. The number of nitrogens with zero attached hydrogens (tertiary/aromatic N) is 7. The molecule has 2 N–H and O–H groups in total. The number of aliphatic hydroxyl groups is 1. The summed E-state index contributed by atoms with van der Waals surface area (Å²) in [6.07, 6.45) is 3.89. The number of carbonyl (C=O) groups excluding carboxylic acids is 1. The summed E-state index contributed by atoms with van der Waals surface area (Å²) in [5, 5.41) is 20.4. The van der Waals surface area contributed by atoms with Gasteiger partial charge in [-0.25, -0.2) is 9.97 Å². The molecule has 1 amide bonds. The Balaban J connectivity index is 1.36. The zero-order chi connectivity index (χ0) is 27.2. The molecule has 39 heavy (non-hydrogen) atoms. The second-order valence-corrected chi connectivity index (χ2v) is 9.63. The third kappa shape index (κ3) is 5.87. The number of aliphatic hydroxyl groups excluding tert-OH is 1. The lowest BCUT2D eigenvalue weighted by Crippen LogP contribution is -2.28. The van der Waals surface area contributed by atoms with Crippen LogP contribution in [-0.4, -0.2) is 87.9 Å². The van der Waals surface area contributed by atoms with Crippen molar-refractivity contribution in [3.63, 3.8) is 0 Å². The van der Waals surface area contributed by atoms with Crippen molar-refractivity contribution in [1.82, 2.24) is 24.7 Å². The fourth-order valence-corrected chi connectivity index (χ4v) is 5.05. The number of carbonyl (C=O) groups is 1. The molecule has 5 heterocycles. The van der Waals surface area contributed by atoms with Crippen LogP contribution < -0.4 is 15.1 Å². The van der Waals surface area contributed by atoms with Crippen LogP contribution in [0.5, 0.6) is 0 Å². The maximum Gasteiger partial charge on any atom is 0.260 e. The van der Waals surface area contributed by atoms with Gasteiger partial charge in [-0.15, -0.1) is 10.2 Å². The topological polar surface area (TPSA) is 131 Å². The molecule has 3 aromatic rings. The van der Waals surface area contributed by atoms with Crippen LogP contribution in [0.3, 0.4) is 0 Å². The third-order valence-corrected chi connectivity index (χ3v) is 7.09. The van der Waals surface area contributed by atoms with Gasteiger partial charge in [0.1, 0.15) is 29.5 Å². The molecule has 0 spiro atoms. The number of fused-ring (bicyclic) bond motifs is 1. The summed E-state index contributed by atoms with van der Waals surface area (Å²) >= 11 is 0. The Hall–Kier alpha value is -3.61. The van der Waals surface area contributed by atoms with E-state index in [9.17, 15) is 4.79 Å². The molecule has 1 saturated heterocycles. The largest absolute Gasteiger partial charge is 0.394 e. The molecule has 1 atom stereocenters. The van der Waals surface area contributed by atoms with Gasteiger partial charge < -0.3 is 29.4 Å². The number of rotatable bonds is 13. The zero-order valence-electron chi connectivity index (χ0n) is 22.5. The highest BCUT2D eigenvalue weighted by Gasteiger charge is 2.34. The first-order valence-electron chi connectivity index (χ1n) is 13.6. The van der Waals surface area contributed by atoms with Crippen molar-refractivity contribution < 1.29 is 19.4 Å². The van der Waals surface area contributed by atoms with Crippen LogP contribution in [0.4, 0.5) is 17.5 Å². The Labute approximate surface area is 228 Å². The Morgan fingerprint density at radius 2 is 1.97 bits per heavy atom. The highest BCUT2D eigenvalue weighted by molar-refractivity contribution is 6.11. The normalized spacial score (nSPS) is 16.8. The second kappa shape index (κ2) is 12.5. The van der Waals surface area contributed by atoms with Gasteiger partial charge in [-0.1, -0.05) is 6.07 Å². The summed E-state index contributed by atoms with van der Waals surface area (Å²) in [5.74, 6) is 2.64. The van der Waals surface area contributed by atoms with E-state index in [0.29, 0.717) is 74.3 Å². The first-order chi connectivity index (χ1) is 19.1. The van der Waals surface area contributed by atoms with Crippen LogP contribution in [0, 0.1) is 0 Å². The van der Waals surface area contributed by atoms with Gasteiger partial charge in [-0.3, -0.25) is 9.69 Å². The SMILES string of the molecule is CCn1cnnc1-c1cccc(N2Cc3c(cc(N4CCC[C@H]4C)nc3NCCOCCOCCO)C2=O)n1. The molecule has 0 radical (unpaired) electrons. The van der Waals surface area contributed by atoms with E-state index in [2.05, 4.69) is 27.3 Å². The molecule has 0 unspecified atom stereocenters. The molecule has 2 aliphatic heterocycles. The van der Waals surface area contributed by atoms with Crippen LogP contribution in [0.15, 0.2) is 30.6 Å².